The van der Waals surface area contributed by atoms with Crippen LogP contribution in [0.1, 0.15) is 77.6 Å². The highest BCUT2D eigenvalue weighted by Gasteiger charge is 2.38. The molecule has 1 N–H and O–H groups in total. The van der Waals surface area contributed by atoms with Gasteiger partial charge in [0.05, 0.1) is 0 Å². The summed E-state index contributed by atoms with van der Waals surface area (Å²) in [7, 11) is 2.41. The molecule has 0 radical (unpaired) electrons. The minimum absolute atomic E-state index is 0.562. The van der Waals surface area contributed by atoms with Gasteiger partial charge >= 0.3 is 0 Å². The van der Waals surface area contributed by atoms with E-state index in [0.717, 1.165) is 18.0 Å². The second-order valence-electron chi connectivity index (χ2n) is 8.56. The average Bonchev–Trinajstić information content (AvgIpc) is 3.30. The predicted octanol–water partition coefficient (Wildman–Crippen LogP) is 4.20. The summed E-state index contributed by atoms with van der Waals surface area (Å²) in [6.07, 6.45) is 15.9. The van der Waals surface area contributed by atoms with Crippen LogP contribution in [0.5, 0.6) is 0 Å². The summed E-state index contributed by atoms with van der Waals surface area (Å²) in [5, 5.41) is 3.87. The third-order valence-corrected chi connectivity index (χ3v) is 6.31. The molecule has 2 atom stereocenters. The zero-order valence-electron chi connectivity index (χ0n) is 14.4. The van der Waals surface area contributed by atoms with Crippen LogP contribution in [0.15, 0.2) is 0 Å². The van der Waals surface area contributed by atoms with Gasteiger partial charge in [0.1, 0.15) is 0 Å². The van der Waals surface area contributed by atoms with Gasteiger partial charge in [-0.2, -0.15) is 0 Å². The Bertz CT molecular complexity index is 320. The standard InChI is InChI=1S/C19H36N2/c1-16-7-6-12-19(13-16,14-20-17-10-11-17)15-21(2)18-8-4-3-5-9-18/h16-18,20H,3-15H2,1-2H3. The van der Waals surface area contributed by atoms with E-state index in [4.69, 9.17) is 0 Å². The lowest BCUT2D eigenvalue weighted by molar-refractivity contribution is 0.0623. The molecule has 0 aromatic carbocycles. The molecule has 3 rings (SSSR count). The van der Waals surface area contributed by atoms with E-state index in [1.165, 1.54) is 83.7 Å². The molecule has 0 aromatic heterocycles. The number of hydrogen-bond acceptors (Lipinski definition) is 2. The molecule has 0 spiro atoms. The minimum Gasteiger partial charge on any atom is -0.313 e. The van der Waals surface area contributed by atoms with Crippen LogP contribution in [0.2, 0.25) is 0 Å². The molecule has 3 saturated carbocycles. The highest BCUT2D eigenvalue weighted by molar-refractivity contribution is 4.93. The van der Waals surface area contributed by atoms with Crippen LogP contribution in [-0.4, -0.2) is 37.1 Å². The van der Waals surface area contributed by atoms with Crippen molar-refractivity contribution in [1.29, 1.82) is 0 Å². The van der Waals surface area contributed by atoms with E-state index in [0.29, 0.717) is 5.41 Å². The summed E-state index contributed by atoms with van der Waals surface area (Å²) in [6.45, 7) is 5.09. The fraction of sp³-hybridized carbons (Fsp3) is 1.00. The first-order valence-electron chi connectivity index (χ1n) is 9.60. The second kappa shape index (κ2) is 7.00. The van der Waals surface area contributed by atoms with Gasteiger partial charge in [-0.1, -0.05) is 39.0 Å². The van der Waals surface area contributed by atoms with E-state index in [1.54, 1.807) is 0 Å². The Balaban J connectivity index is 1.59. The quantitative estimate of drug-likeness (QED) is 0.789. The van der Waals surface area contributed by atoms with Crippen molar-refractivity contribution in [2.24, 2.45) is 11.3 Å². The molecule has 3 fully saturated rings. The summed E-state index contributed by atoms with van der Waals surface area (Å²) in [6, 6.07) is 1.73. The van der Waals surface area contributed by atoms with Crippen molar-refractivity contribution in [3.8, 4) is 0 Å². The van der Waals surface area contributed by atoms with Crippen molar-refractivity contribution in [1.82, 2.24) is 10.2 Å². The molecular weight excluding hydrogens is 256 g/mol. The maximum Gasteiger partial charge on any atom is 0.00924 e. The van der Waals surface area contributed by atoms with Gasteiger partial charge < -0.3 is 10.2 Å². The Labute approximate surface area is 132 Å². The van der Waals surface area contributed by atoms with Crippen molar-refractivity contribution in [2.75, 3.05) is 20.1 Å². The molecule has 3 aliphatic carbocycles. The normalized spacial score (nSPS) is 35.3. The molecular formula is C19H36N2. The predicted molar refractivity (Wildman–Crippen MR) is 90.6 cm³/mol. The molecule has 0 aromatic rings. The largest absolute Gasteiger partial charge is 0.313 e. The minimum atomic E-state index is 0.562. The SMILES string of the molecule is CC1CCCC(CNC2CC2)(CN(C)C2CCCCC2)C1. The number of hydrogen-bond donors (Lipinski definition) is 1. The van der Waals surface area contributed by atoms with E-state index in [1.807, 2.05) is 0 Å². The van der Waals surface area contributed by atoms with E-state index in [2.05, 4.69) is 24.2 Å². The van der Waals surface area contributed by atoms with Crippen LogP contribution < -0.4 is 5.32 Å². The molecule has 0 heterocycles. The highest BCUT2D eigenvalue weighted by atomic mass is 15.1. The third-order valence-electron chi connectivity index (χ3n) is 6.31. The van der Waals surface area contributed by atoms with Crippen LogP contribution >= 0.6 is 0 Å². The van der Waals surface area contributed by atoms with Crippen molar-refractivity contribution >= 4 is 0 Å². The number of nitrogens with zero attached hydrogens (tertiary/aromatic N) is 1. The summed E-state index contributed by atoms with van der Waals surface area (Å²) in [5.41, 5.74) is 0.562. The maximum atomic E-state index is 3.87. The average molecular weight is 293 g/mol. The lowest BCUT2D eigenvalue weighted by Crippen LogP contribution is -2.49. The summed E-state index contributed by atoms with van der Waals surface area (Å²) in [5.74, 6) is 0.930. The van der Waals surface area contributed by atoms with Crippen LogP contribution in [0.3, 0.4) is 0 Å². The smallest absolute Gasteiger partial charge is 0.00924 e. The molecule has 2 heteroatoms. The Morgan fingerprint density at radius 2 is 1.76 bits per heavy atom. The highest BCUT2D eigenvalue weighted by Crippen LogP contribution is 2.41. The van der Waals surface area contributed by atoms with Gasteiger partial charge in [0.15, 0.2) is 0 Å². The Morgan fingerprint density at radius 1 is 1.00 bits per heavy atom. The van der Waals surface area contributed by atoms with E-state index in [9.17, 15) is 0 Å². The molecule has 2 nitrogen and oxygen atoms in total. The van der Waals surface area contributed by atoms with Gasteiger partial charge in [-0.15, -0.1) is 0 Å². The Kier molecular flexibility index (Phi) is 5.27. The van der Waals surface area contributed by atoms with Crippen LogP contribution in [0, 0.1) is 11.3 Å². The van der Waals surface area contributed by atoms with Crippen LogP contribution in [0.4, 0.5) is 0 Å². The molecule has 21 heavy (non-hydrogen) atoms. The van der Waals surface area contributed by atoms with Gasteiger partial charge in [-0.3, -0.25) is 0 Å². The van der Waals surface area contributed by atoms with Gasteiger partial charge in [-0.05, 0) is 56.9 Å². The van der Waals surface area contributed by atoms with Gasteiger partial charge in [-0.25, -0.2) is 0 Å². The molecule has 0 amide bonds. The lowest BCUT2D eigenvalue weighted by atomic mass is 9.69. The summed E-state index contributed by atoms with van der Waals surface area (Å²) >= 11 is 0. The fourth-order valence-electron chi connectivity index (χ4n) is 4.96. The fourth-order valence-corrected chi connectivity index (χ4v) is 4.96. The molecule has 0 saturated heterocycles. The molecule has 2 unspecified atom stereocenters. The second-order valence-corrected chi connectivity index (χ2v) is 8.56. The molecule has 3 aliphatic rings. The first-order chi connectivity index (χ1) is 10.2. The Hall–Kier alpha value is -0.0800. The van der Waals surface area contributed by atoms with Gasteiger partial charge in [0, 0.05) is 25.2 Å². The zero-order valence-corrected chi connectivity index (χ0v) is 14.4. The van der Waals surface area contributed by atoms with Crippen molar-refractivity contribution in [2.45, 2.75) is 89.6 Å². The first kappa shape index (κ1) is 15.8. The van der Waals surface area contributed by atoms with Crippen molar-refractivity contribution < 1.29 is 0 Å². The van der Waals surface area contributed by atoms with Crippen molar-refractivity contribution in [3.63, 3.8) is 0 Å². The monoisotopic (exact) mass is 292 g/mol. The van der Waals surface area contributed by atoms with Crippen LogP contribution in [0.25, 0.3) is 0 Å². The number of rotatable bonds is 6. The molecule has 0 bridgehead atoms. The molecule has 0 aliphatic heterocycles. The van der Waals surface area contributed by atoms with E-state index in [-0.39, 0.29) is 0 Å². The summed E-state index contributed by atoms with van der Waals surface area (Å²) < 4.78 is 0. The lowest BCUT2D eigenvalue weighted by Gasteiger charge is -2.45. The maximum absolute atomic E-state index is 3.87. The Morgan fingerprint density at radius 3 is 2.43 bits per heavy atom. The molecule has 122 valence electrons. The number of nitrogens with one attached hydrogen (secondary N) is 1. The first-order valence-corrected chi connectivity index (χ1v) is 9.60. The zero-order chi connectivity index (χ0) is 14.7. The van der Waals surface area contributed by atoms with E-state index < -0.39 is 0 Å². The van der Waals surface area contributed by atoms with Crippen LogP contribution in [-0.2, 0) is 0 Å². The third kappa shape index (κ3) is 4.45. The van der Waals surface area contributed by atoms with Gasteiger partial charge in [0.25, 0.3) is 0 Å². The van der Waals surface area contributed by atoms with Crippen molar-refractivity contribution in [3.05, 3.63) is 0 Å². The van der Waals surface area contributed by atoms with E-state index >= 15 is 0 Å². The van der Waals surface area contributed by atoms with Gasteiger partial charge in [0.2, 0.25) is 0 Å². The topological polar surface area (TPSA) is 15.3 Å². The summed E-state index contributed by atoms with van der Waals surface area (Å²) in [4.78, 5) is 2.74.